The zero-order chi connectivity index (χ0) is 19.4. The summed E-state index contributed by atoms with van der Waals surface area (Å²) in [4.78, 5) is 37.5. The molecule has 0 aliphatic carbocycles. The number of aromatic carboxylic acids is 1. The number of likely N-dealkylation sites (tertiary alicyclic amines) is 1. The summed E-state index contributed by atoms with van der Waals surface area (Å²) < 4.78 is 0. The van der Waals surface area contributed by atoms with Gasteiger partial charge < -0.3 is 15.3 Å². The van der Waals surface area contributed by atoms with Gasteiger partial charge in [-0.2, -0.15) is 0 Å². The molecule has 0 spiro atoms. The minimum Gasteiger partial charge on any atom is -0.478 e. The smallest absolute Gasteiger partial charge is 0.335 e. The standard InChI is InChI=1S/C21H22N2O4/c1-14-2-4-16(5-3-14)20(25)23-12-10-18(11-13-23)22-19(24)15-6-8-17(9-7-15)21(26)27/h2-9,18H,10-13H2,1H3,(H,22,24)(H,26,27). The quantitative estimate of drug-likeness (QED) is 0.871. The number of carboxylic acids is 1. The van der Waals surface area contributed by atoms with Crippen LogP contribution in [0.15, 0.2) is 48.5 Å². The summed E-state index contributed by atoms with van der Waals surface area (Å²) in [6, 6.07) is 13.4. The van der Waals surface area contributed by atoms with Crippen LogP contribution in [-0.2, 0) is 0 Å². The van der Waals surface area contributed by atoms with E-state index in [2.05, 4.69) is 5.32 Å². The van der Waals surface area contributed by atoms with Crippen LogP contribution in [0.5, 0.6) is 0 Å². The number of piperidine rings is 1. The molecule has 2 aromatic rings. The Labute approximate surface area is 157 Å². The van der Waals surface area contributed by atoms with Gasteiger partial charge >= 0.3 is 5.97 Å². The van der Waals surface area contributed by atoms with Gasteiger partial charge in [-0.1, -0.05) is 17.7 Å². The number of nitrogens with one attached hydrogen (secondary N) is 1. The van der Waals surface area contributed by atoms with Crippen LogP contribution < -0.4 is 5.32 Å². The van der Waals surface area contributed by atoms with E-state index in [1.807, 2.05) is 36.1 Å². The molecular weight excluding hydrogens is 344 g/mol. The monoisotopic (exact) mass is 366 g/mol. The van der Waals surface area contributed by atoms with Crippen LogP contribution >= 0.6 is 0 Å². The van der Waals surface area contributed by atoms with Crippen molar-refractivity contribution in [1.29, 1.82) is 0 Å². The minimum absolute atomic E-state index is 0.00119. The van der Waals surface area contributed by atoms with Gasteiger partial charge in [-0.3, -0.25) is 9.59 Å². The number of nitrogens with zero attached hydrogens (tertiary/aromatic N) is 1. The van der Waals surface area contributed by atoms with E-state index in [9.17, 15) is 14.4 Å². The molecule has 1 heterocycles. The molecule has 1 aliphatic rings. The lowest BCUT2D eigenvalue weighted by Crippen LogP contribution is -2.46. The lowest BCUT2D eigenvalue weighted by Gasteiger charge is -2.32. The number of hydrogen-bond acceptors (Lipinski definition) is 3. The molecule has 6 nitrogen and oxygen atoms in total. The number of aryl methyl sites for hydroxylation is 1. The summed E-state index contributed by atoms with van der Waals surface area (Å²) in [5.74, 6) is -1.23. The maximum absolute atomic E-state index is 12.5. The molecule has 0 unspecified atom stereocenters. The Morgan fingerprint density at radius 1 is 0.889 bits per heavy atom. The Morgan fingerprint density at radius 3 is 1.96 bits per heavy atom. The lowest BCUT2D eigenvalue weighted by atomic mass is 10.0. The van der Waals surface area contributed by atoms with Gasteiger partial charge in [0.15, 0.2) is 0 Å². The fourth-order valence-electron chi connectivity index (χ4n) is 3.14. The molecule has 2 N–H and O–H groups in total. The van der Waals surface area contributed by atoms with Gasteiger partial charge in [0.1, 0.15) is 0 Å². The van der Waals surface area contributed by atoms with Gasteiger partial charge in [-0.05, 0) is 56.2 Å². The molecule has 140 valence electrons. The topological polar surface area (TPSA) is 86.7 Å². The maximum atomic E-state index is 12.5. The van der Waals surface area contributed by atoms with Crippen molar-refractivity contribution in [2.45, 2.75) is 25.8 Å². The fraction of sp³-hybridized carbons (Fsp3) is 0.286. The number of hydrogen-bond donors (Lipinski definition) is 2. The van der Waals surface area contributed by atoms with Gasteiger partial charge in [0.2, 0.25) is 0 Å². The third-order valence-corrected chi connectivity index (χ3v) is 4.81. The Kier molecular flexibility index (Phi) is 5.54. The van der Waals surface area contributed by atoms with E-state index in [1.165, 1.54) is 24.3 Å². The summed E-state index contributed by atoms with van der Waals surface area (Å²) in [5, 5.41) is 11.9. The number of benzene rings is 2. The Balaban J connectivity index is 1.53. The first-order valence-electron chi connectivity index (χ1n) is 8.94. The number of carbonyl (C=O) groups excluding carboxylic acids is 2. The van der Waals surface area contributed by atoms with Crippen molar-refractivity contribution in [2.24, 2.45) is 0 Å². The molecular formula is C21H22N2O4. The summed E-state index contributed by atoms with van der Waals surface area (Å²) in [7, 11) is 0. The molecule has 0 bridgehead atoms. The second kappa shape index (κ2) is 8.03. The first-order valence-corrected chi connectivity index (χ1v) is 8.94. The molecule has 1 aliphatic heterocycles. The van der Waals surface area contributed by atoms with Crippen molar-refractivity contribution in [1.82, 2.24) is 10.2 Å². The normalized spacial score (nSPS) is 14.6. The number of rotatable bonds is 4. The van der Waals surface area contributed by atoms with Crippen LogP contribution in [0, 0.1) is 6.92 Å². The SMILES string of the molecule is Cc1ccc(C(=O)N2CCC(NC(=O)c3ccc(C(=O)O)cc3)CC2)cc1. The molecule has 6 heteroatoms. The highest BCUT2D eigenvalue weighted by molar-refractivity contribution is 5.96. The average Bonchev–Trinajstić information content (AvgIpc) is 2.68. The zero-order valence-electron chi connectivity index (χ0n) is 15.1. The second-order valence-corrected chi connectivity index (χ2v) is 6.79. The van der Waals surface area contributed by atoms with Crippen molar-refractivity contribution in [2.75, 3.05) is 13.1 Å². The summed E-state index contributed by atoms with van der Waals surface area (Å²) in [5.41, 5.74) is 2.37. The first kappa shape index (κ1) is 18.6. The van der Waals surface area contributed by atoms with Gasteiger partial charge in [0.05, 0.1) is 5.56 Å². The number of carboxylic acid groups (broad SMARTS) is 1. The van der Waals surface area contributed by atoms with Crippen molar-refractivity contribution >= 4 is 17.8 Å². The van der Waals surface area contributed by atoms with E-state index >= 15 is 0 Å². The number of amides is 2. The van der Waals surface area contributed by atoms with E-state index in [1.54, 1.807) is 0 Å². The molecule has 2 amide bonds. The van der Waals surface area contributed by atoms with Crippen molar-refractivity contribution in [3.63, 3.8) is 0 Å². The van der Waals surface area contributed by atoms with Crippen molar-refractivity contribution in [3.8, 4) is 0 Å². The predicted molar refractivity (Wildman–Crippen MR) is 101 cm³/mol. The summed E-state index contributed by atoms with van der Waals surface area (Å²) >= 11 is 0. The van der Waals surface area contributed by atoms with Crippen LogP contribution in [0.1, 0.15) is 49.5 Å². The van der Waals surface area contributed by atoms with Crippen LogP contribution in [0.3, 0.4) is 0 Å². The van der Waals surface area contributed by atoms with Gasteiger partial charge in [0.25, 0.3) is 11.8 Å². The molecule has 27 heavy (non-hydrogen) atoms. The Hall–Kier alpha value is -3.15. The van der Waals surface area contributed by atoms with E-state index < -0.39 is 5.97 Å². The van der Waals surface area contributed by atoms with Crippen LogP contribution in [-0.4, -0.2) is 46.9 Å². The van der Waals surface area contributed by atoms with Crippen LogP contribution in [0.25, 0.3) is 0 Å². The molecule has 0 saturated carbocycles. The van der Waals surface area contributed by atoms with Gasteiger partial charge in [-0.25, -0.2) is 4.79 Å². The van der Waals surface area contributed by atoms with Crippen molar-refractivity contribution < 1.29 is 19.5 Å². The fourth-order valence-corrected chi connectivity index (χ4v) is 3.14. The predicted octanol–water partition coefficient (Wildman–Crippen LogP) is 2.73. The highest BCUT2D eigenvalue weighted by Crippen LogP contribution is 2.15. The summed E-state index contributed by atoms with van der Waals surface area (Å²) in [6.45, 7) is 3.17. The van der Waals surface area contributed by atoms with E-state index in [-0.39, 0.29) is 23.4 Å². The summed E-state index contributed by atoms with van der Waals surface area (Å²) in [6.07, 6.45) is 1.38. The van der Waals surface area contributed by atoms with Crippen LogP contribution in [0.2, 0.25) is 0 Å². The van der Waals surface area contributed by atoms with Gasteiger partial charge in [0, 0.05) is 30.3 Å². The molecule has 0 radical (unpaired) electrons. The highest BCUT2D eigenvalue weighted by Gasteiger charge is 2.24. The van der Waals surface area contributed by atoms with E-state index in [0.717, 1.165) is 5.56 Å². The minimum atomic E-state index is -1.02. The molecule has 0 aromatic heterocycles. The van der Waals surface area contributed by atoms with Crippen molar-refractivity contribution in [3.05, 3.63) is 70.8 Å². The molecule has 0 atom stereocenters. The first-order chi connectivity index (χ1) is 12.9. The third kappa shape index (κ3) is 4.53. The zero-order valence-corrected chi connectivity index (χ0v) is 15.1. The van der Waals surface area contributed by atoms with Gasteiger partial charge in [-0.15, -0.1) is 0 Å². The molecule has 3 rings (SSSR count). The Morgan fingerprint density at radius 2 is 1.41 bits per heavy atom. The molecule has 1 fully saturated rings. The largest absolute Gasteiger partial charge is 0.478 e. The van der Waals surface area contributed by atoms with E-state index in [0.29, 0.717) is 37.1 Å². The Bertz CT molecular complexity index is 835. The molecule has 2 aromatic carbocycles. The second-order valence-electron chi connectivity index (χ2n) is 6.79. The third-order valence-electron chi connectivity index (χ3n) is 4.81. The van der Waals surface area contributed by atoms with E-state index in [4.69, 9.17) is 5.11 Å². The molecule has 1 saturated heterocycles. The highest BCUT2D eigenvalue weighted by atomic mass is 16.4. The van der Waals surface area contributed by atoms with Crippen LogP contribution in [0.4, 0.5) is 0 Å². The lowest BCUT2D eigenvalue weighted by molar-refractivity contribution is 0.0685. The number of carbonyl (C=O) groups is 3. The maximum Gasteiger partial charge on any atom is 0.335 e. The average molecular weight is 366 g/mol.